The number of aliphatic hydroxyl groups excluding tert-OH is 1. The minimum absolute atomic E-state index is 0.0708. The van der Waals surface area contributed by atoms with Crippen LogP contribution in [0.15, 0.2) is 78.9 Å². The number of rotatable bonds is 11. The van der Waals surface area contributed by atoms with Gasteiger partial charge in [0.05, 0.1) is 0 Å². The lowest BCUT2D eigenvalue weighted by Gasteiger charge is -2.29. The van der Waals surface area contributed by atoms with Crippen LogP contribution < -0.4 is 32.6 Å². The molecule has 3 rings (SSSR count). The highest BCUT2D eigenvalue weighted by Crippen LogP contribution is 2.33. The number of urea groups is 2. The summed E-state index contributed by atoms with van der Waals surface area (Å²) in [5.74, 6) is 0.526. The number of hydrogen-bond acceptors (Lipinski definition) is 5. The molecule has 9 nitrogen and oxygen atoms in total. The van der Waals surface area contributed by atoms with Crippen molar-refractivity contribution in [3.05, 3.63) is 90.0 Å². The van der Waals surface area contributed by atoms with Gasteiger partial charge in [-0.05, 0) is 59.9 Å². The molecule has 0 aliphatic rings. The van der Waals surface area contributed by atoms with E-state index in [9.17, 15) is 14.7 Å². The van der Waals surface area contributed by atoms with Crippen molar-refractivity contribution < 1.29 is 19.4 Å². The highest BCUT2D eigenvalue weighted by Gasteiger charge is 2.26. The molecule has 3 aromatic carbocycles. The quantitative estimate of drug-likeness (QED) is 0.241. The first-order valence-corrected chi connectivity index (χ1v) is 11.7. The van der Waals surface area contributed by atoms with E-state index in [1.54, 1.807) is 24.3 Å². The van der Waals surface area contributed by atoms with Crippen LogP contribution in [0.25, 0.3) is 0 Å². The number of nitrogens with one attached hydrogen (secondary N) is 2. The Morgan fingerprint density at radius 3 is 1.75 bits per heavy atom. The summed E-state index contributed by atoms with van der Waals surface area (Å²) < 4.78 is 5.68. The third-order valence-electron chi connectivity index (χ3n) is 6.03. The first kappa shape index (κ1) is 26.5. The average molecular weight is 492 g/mol. The largest absolute Gasteiger partial charge is 0.491 e. The Bertz CT molecular complexity index is 1060. The monoisotopic (exact) mass is 491 g/mol. The molecule has 9 heteroatoms. The Morgan fingerprint density at radius 2 is 1.31 bits per heavy atom. The molecule has 0 spiro atoms. The fourth-order valence-electron chi connectivity index (χ4n) is 4.06. The van der Waals surface area contributed by atoms with Crippen molar-refractivity contribution in [1.82, 2.24) is 0 Å². The van der Waals surface area contributed by atoms with E-state index in [0.717, 1.165) is 11.1 Å². The summed E-state index contributed by atoms with van der Waals surface area (Å²) in [6.07, 6.45) is -0.223. The number of benzene rings is 3. The second-order valence-electron chi connectivity index (χ2n) is 8.76. The van der Waals surface area contributed by atoms with Crippen LogP contribution in [0, 0.1) is 5.92 Å². The zero-order valence-electron chi connectivity index (χ0n) is 20.1. The topological polar surface area (TPSA) is 166 Å². The number of anilines is 2. The molecular weight excluding hydrogens is 458 g/mol. The lowest BCUT2D eigenvalue weighted by atomic mass is 9.81. The van der Waals surface area contributed by atoms with Crippen molar-refractivity contribution >= 4 is 23.4 Å². The highest BCUT2D eigenvalue weighted by molar-refractivity contribution is 5.88. The van der Waals surface area contributed by atoms with Crippen molar-refractivity contribution in [3.8, 4) is 5.75 Å². The molecule has 0 heterocycles. The van der Waals surface area contributed by atoms with Gasteiger partial charge in [0, 0.05) is 23.3 Å². The van der Waals surface area contributed by atoms with Gasteiger partial charge >= 0.3 is 12.1 Å². The van der Waals surface area contributed by atoms with Crippen LogP contribution in [0.4, 0.5) is 21.0 Å². The molecular formula is C27H33N5O4. The van der Waals surface area contributed by atoms with Gasteiger partial charge in [-0.3, -0.25) is 0 Å². The smallest absolute Gasteiger partial charge is 0.316 e. The lowest BCUT2D eigenvalue weighted by molar-refractivity contribution is 0.0668. The summed E-state index contributed by atoms with van der Waals surface area (Å²) in [7, 11) is 0. The van der Waals surface area contributed by atoms with Crippen molar-refractivity contribution in [2.75, 3.05) is 17.2 Å². The molecule has 0 fully saturated rings. The zero-order chi connectivity index (χ0) is 26.1. The number of ether oxygens (including phenoxy) is 1. The van der Waals surface area contributed by atoms with Crippen molar-refractivity contribution in [1.29, 1.82) is 0 Å². The van der Waals surface area contributed by atoms with E-state index in [1.165, 1.54) is 0 Å². The number of para-hydroxylation sites is 1. The maximum atomic E-state index is 11.2. The summed E-state index contributed by atoms with van der Waals surface area (Å²) in [6, 6.07) is 22.3. The second kappa shape index (κ2) is 12.6. The summed E-state index contributed by atoms with van der Waals surface area (Å²) in [4.78, 5) is 22.3. The molecule has 190 valence electrons. The summed E-state index contributed by atoms with van der Waals surface area (Å²) in [6.45, 7) is 2.08. The summed E-state index contributed by atoms with van der Waals surface area (Å²) >= 11 is 0. The average Bonchev–Trinajstić information content (AvgIpc) is 2.86. The predicted octanol–water partition coefficient (Wildman–Crippen LogP) is 3.59. The minimum atomic E-state index is -0.856. The number of aliphatic hydroxyl groups is 1. The molecule has 0 saturated carbocycles. The maximum Gasteiger partial charge on any atom is 0.316 e. The van der Waals surface area contributed by atoms with E-state index in [1.807, 2.05) is 61.5 Å². The fourth-order valence-corrected chi connectivity index (χ4v) is 4.06. The van der Waals surface area contributed by atoms with Crippen LogP contribution in [0.1, 0.15) is 30.4 Å². The number of amides is 4. The molecule has 4 amide bonds. The Balaban J connectivity index is 1.76. The zero-order valence-corrected chi connectivity index (χ0v) is 20.1. The standard InChI is InChI=1S/C27H33N5O4/c1-17(25(28)24(33)16-36-22-5-3-2-4-6-22)15-23(18-7-11-20(12-8-18)31-26(29)34)19-9-13-21(14-10-19)32-27(30)35/h2-14,17,23-25,33H,15-16,28H2,1H3,(H3,29,31,34)(H3,30,32,35)/t17?,24-,25?/m0/s1. The fraction of sp³-hybridized carbons (Fsp3) is 0.259. The van der Waals surface area contributed by atoms with Gasteiger partial charge < -0.3 is 37.7 Å². The van der Waals surface area contributed by atoms with Crippen LogP contribution in [0.3, 0.4) is 0 Å². The number of primary amides is 2. The predicted molar refractivity (Wildman–Crippen MR) is 141 cm³/mol. The van der Waals surface area contributed by atoms with Gasteiger partial charge in [-0.2, -0.15) is 0 Å². The van der Waals surface area contributed by atoms with Crippen molar-refractivity contribution in [2.24, 2.45) is 23.1 Å². The molecule has 0 saturated heterocycles. The van der Waals surface area contributed by atoms with Gasteiger partial charge in [-0.25, -0.2) is 9.59 Å². The molecule has 0 aromatic heterocycles. The van der Waals surface area contributed by atoms with Crippen LogP contribution in [0.5, 0.6) is 5.75 Å². The summed E-state index contributed by atoms with van der Waals surface area (Å²) in [5.41, 5.74) is 20.0. The van der Waals surface area contributed by atoms with Gasteiger partial charge in [-0.1, -0.05) is 49.4 Å². The third-order valence-corrected chi connectivity index (χ3v) is 6.03. The van der Waals surface area contributed by atoms with Crippen molar-refractivity contribution in [2.45, 2.75) is 31.4 Å². The van der Waals surface area contributed by atoms with E-state index in [0.29, 0.717) is 23.5 Å². The van der Waals surface area contributed by atoms with Gasteiger partial charge in [-0.15, -0.1) is 0 Å². The minimum Gasteiger partial charge on any atom is -0.491 e. The van der Waals surface area contributed by atoms with Crippen LogP contribution in [0.2, 0.25) is 0 Å². The number of carbonyl (C=O) groups is 2. The van der Waals surface area contributed by atoms with E-state index in [4.69, 9.17) is 21.9 Å². The van der Waals surface area contributed by atoms with Crippen molar-refractivity contribution in [3.63, 3.8) is 0 Å². The number of carbonyl (C=O) groups excluding carboxylic acids is 2. The molecule has 0 radical (unpaired) electrons. The van der Waals surface area contributed by atoms with E-state index >= 15 is 0 Å². The highest BCUT2D eigenvalue weighted by atomic mass is 16.5. The Hall–Kier alpha value is -4.08. The molecule has 36 heavy (non-hydrogen) atoms. The second-order valence-corrected chi connectivity index (χ2v) is 8.76. The third kappa shape index (κ3) is 7.72. The van der Waals surface area contributed by atoms with E-state index < -0.39 is 24.2 Å². The van der Waals surface area contributed by atoms with Gasteiger partial charge in [0.1, 0.15) is 18.5 Å². The van der Waals surface area contributed by atoms with Gasteiger partial charge in [0.15, 0.2) is 0 Å². The molecule has 0 bridgehead atoms. The normalized spacial score (nSPS) is 13.4. The molecule has 9 N–H and O–H groups in total. The first-order valence-electron chi connectivity index (χ1n) is 11.7. The van der Waals surface area contributed by atoms with Crippen LogP contribution in [-0.4, -0.2) is 35.9 Å². The summed E-state index contributed by atoms with van der Waals surface area (Å²) in [5, 5.41) is 15.8. The molecule has 3 aromatic rings. The van der Waals surface area contributed by atoms with Crippen LogP contribution in [-0.2, 0) is 0 Å². The first-order chi connectivity index (χ1) is 17.2. The van der Waals surface area contributed by atoms with Gasteiger partial charge in [0.2, 0.25) is 0 Å². The van der Waals surface area contributed by atoms with Crippen LogP contribution >= 0.6 is 0 Å². The Kier molecular flexibility index (Phi) is 9.26. The van der Waals surface area contributed by atoms with E-state index in [-0.39, 0.29) is 18.4 Å². The number of hydrogen-bond donors (Lipinski definition) is 6. The maximum absolute atomic E-state index is 11.2. The Morgan fingerprint density at radius 1 is 0.833 bits per heavy atom. The lowest BCUT2D eigenvalue weighted by Crippen LogP contribution is -2.44. The van der Waals surface area contributed by atoms with Gasteiger partial charge in [0.25, 0.3) is 0 Å². The molecule has 0 aliphatic heterocycles. The number of nitrogens with two attached hydrogens (primary N) is 3. The Labute approximate surface area is 210 Å². The molecule has 0 aliphatic carbocycles. The molecule has 3 atom stereocenters. The SMILES string of the molecule is CC(CC(c1ccc(NC(N)=O)cc1)c1ccc(NC(N)=O)cc1)C(N)[C@@H](O)COc1ccccc1. The molecule has 2 unspecified atom stereocenters. The van der Waals surface area contributed by atoms with E-state index in [2.05, 4.69) is 10.6 Å².